The van der Waals surface area contributed by atoms with E-state index in [0.717, 1.165) is 44.6 Å². The Kier molecular flexibility index (Phi) is 28.4. The topological polar surface area (TPSA) is 274 Å². The number of amides is 1. The maximum atomic E-state index is 12.0. The van der Waals surface area contributed by atoms with E-state index in [2.05, 4.69) is 31.0 Å². The van der Waals surface area contributed by atoms with E-state index in [4.69, 9.17) is 18.6 Å². The molecule has 24 heteroatoms. The molecule has 2 N–H and O–H groups in total. The van der Waals surface area contributed by atoms with Gasteiger partial charge in [0.1, 0.15) is 9.07 Å². The van der Waals surface area contributed by atoms with Crippen LogP contribution >= 0.6 is 27.3 Å². The van der Waals surface area contributed by atoms with E-state index in [1.807, 2.05) is 26.2 Å². The number of thiazole rings is 1. The molecule has 1 atom stereocenters. The number of aliphatic carboxylic acids is 1. The Morgan fingerprint density at radius 2 is 1.11 bits per heavy atom. The number of aromatic nitrogens is 1. The van der Waals surface area contributed by atoms with Gasteiger partial charge in [-0.1, -0.05) is 47.8 Å². The second-order valence-corrected chi connectivity index (χ2v) is 25.5. The number of halogens is 1. The molecule has 0 saturated carbocycles. The van der Waals surface area contributed by atoms with Crippen molar-refractivity contribution in [2.75, 3.05) is 43.6 Å². The van der Waals surface area contributed by atoms with Gasteiger partial charge in [-0.05, 0) is 75.5 Å². The quantitative estimate of drug-likeness (QED) is 0.141. The van der Waals surface area contributed by atoms with Crippen molar-refractivity contribution >= 4 is 96.8 Å². The molecule has 1 heterocycles. The number of carboxylic acids is 1. The predicted molar refractivity (Wildman–Crippen MR) is 215 cm³/mol. The summed E-state index contributed by atoms with van der Waals surface area (Å²) in [7, 11) is -10.4. The number of carbonyl (C=O) groups is 4. The Labute approximate surface area is 364 Å². The molecule has 320 valence electrons. The first-order valence-electron chi connectivity index (χ1n) is 15.6. The average Bonchev–Trinajstić information content (AvgIpc) is 3.41. The molecule has 0 aromatic carbocycles. The van der Waals surface area contributed by atoms with Crippen molar-refractivity contribution in [3.63, 3.8) is 0 Å². The van der Waals surface area contributed by atoms with Crippen molar-refractivity contribution in [1.29, 1.82) is 0 Å². The van der Waals surface area contributed by atoms with Crippen LogP contribution in [0.25, 0.3) is 0 Å². The van der Waals surface area contributed by atoms with Crippen LogP contribution in [0.1, 0.15) is 95.7 Å². The summed E-state index contributed by atoms with van der Waals surface area (Å²) in [5.41, 5.74) is 0.760. The van der Waals surface area contributed by atoms with Gasteiger partial charge in [0.05, 0.1) is 18.9 Å². The van der Waals surface area contributed by atoms with Crippen molar-refractivity contribution in [3.8, 4) is 0 Å². The first-order valence-corrected chi connectivity index (χ1v) is 24.5. The zero-order valence-corrected chi connectivity index (χ0v) is 42.7. The molecule has 0 aliphatic heterocycles. The molecule has 0 spiro atoms. The molecule has 0 bridgehead atoms. The summed E-state index contributed by atoms with van der Waals surface area (Å²) in [5, 5.41) is 13.3. The third-order valence-electron chi connectivity index (χ3n) is 6.86. The Bertz CT molecular complexity index is 1760. The maximum Gasteiger partial charge on any atom is 1.00 e. The molecule has 1 unspecified atom stereocenters. The molecular weight excluding hydrogens is 904 g/mol. The predicted octanol–water partition coefficient (Wildman–Crippen LogP) is 0.692. The minimum absolute atomic E-state index is 0. The number of sulfone groups is 3. The zero-order chi connectivity index (χ0) is 44.7. The number of ether oxygens (including phenoxy) is 2. The summed E-state index contributed by atoms with van der Waals surface area (Å²) in [5.74, 6) is -2.81. The number of carbonyl (C=O) groups excluding carboxylic acids is 3. The van der Waals surface area contributed by atoms with Crippen LogP contribution in [0.3, 0.4) is 0 Å². The summed E-state index contributed by atoms with van der Waals surface area (Å²) in [4.78, 5) is 48.5. The van der Waals surface area contributed by atoms with Gasteiger partial charge in [-0.3, -0.25) is 23.4 Å². The monoisotopic (exact) mass is 960 g/mol. The fourth-order valence-corrected chi connectivity index (χ4v) is 4.12. The average molecular weight is 962 g/mol. The summed E-state index contributed by atoms with van der Waals surface area (Å²) in [6, 6.07) is 0. The van der Waals surface area contributed by atoms with Crippen LogP contribution in [0.5, 0.6) is 0 Å². The molecular formula is C31H58BrN2NaO15S5. The van der Waals surface area contributed by atoms with Crippen molar-refractivity contribution in [3.05, 3.63) is 11.1 Å². The van der Waals surface area contributed by atoms with Crippen LogP contribution in [0.15, 0.2) is 5.38 Å². The van der Waals surface area contributed by atoms with Crippen LogP contribution in [-0.4, -0.2) is 125 Å². The van der Waals surface area contributed by atoms with Crippen LogP contribution < -0.4 is 34.9 Å². The van der Waals surface area contributed by atoms with Gasteiger partial charge in [0.2, 0.25) is 5.91 Å². The van der Waals surface area contributed by atoms with Crippen LogP contribution in [0.2, 0.25) is 0 Å². The van der Waals surface area contributed by atoms with Gasteiger partial charge in [-0.15, -0.1) is 11.3 Å². The second kappa shape index (κ2) is 24.8. The first-order chi connectivity index (χ1) is 23.5. The number of nitrogens with one attached hydrogen (secondary N) is 1. The number of anilines is 1. The zero-order valence-electron chi connectivity index (χ0n) is 35.0. The molecule has 17 nitrogen and oxygen atoms in total. The van der Waals surface area contributed by atoms with E-state index in [-0.39, 0.29) is 47.5 Å². The number of alkyl halides is 1. The molecule has 0 radical (unpaired) electrons. The molecule has 1 amide bonds. The number of carboxylic acid groups (broad SMARTS) is 1. The number of nitrogens with zero attached hydrogens (tertiary/aromatic N) is 1. The van der Waals surface area contributed by atoms with Gasteiger partial charge in [0.25, 0.3) is 0 Å². The van der Waals surface area contributed by atoms with Gasteiger partial charge in [0.15, 0.2) is 44.1 Å². The summed E-state index contributed by atoms with van der Waals surface area (Å²) >= 11 is 2.60. The minimum Gasteiger partial charge on any atom is -0.773 e. The Morgan fingerprint density at radius 1 is 0.782 bits per heavy atom. The van der Waals surface area contributed by atoms with Gasteiger partial charge >= 0.3 is 47.5 Å². The van der Waals surface area contributed by atoms with E-state index < -0.39 is 77.0 Å². The Morgan fingerprint density at radius 3 is 1.31 bits per heavy atom. The molecule has 0 aliphatic rings. The summed E-state index contributed by atoms with van der Waals surface area (Å²) in [6.45, 7) is 21.4. The normalized spacial score (nSPS) is 12.7. The fraction of sp³-hybridized carbons (Fsp3) is 0.774. The Hall–Kier alpha value is -1.05. The second-order valence-electron chi connectivity index (χ2n) is 14.2. The van der Waals surface area contributed by atoms with E-state index >= 15 is 0 Å². The van der Waals surface area contributed by atoms with E-state index in [1.54, 1.807) is 27.7 Å². The Balaban J connectivity index is -0.000000203. The van der Waals surface area contributed by atoms with Gasteiger partial charge < -0.3 is 24.4 Å². The van der Waals surface area contributed by atoms with Crippen molar-refractivity contribution < 1.29 is 97.3 Å². The van der Waals surface area contributed by atoms with Crippen molar-refractivity contribution in [1.82, 2.24) is 4.98 Å². The number of hydrogen-bond donors (Lipinski definition) is 2. The van der Waals surface area contributed by atoms with Crippen LogP contribution in [-0.2, 0) is 74.7 Å². The molecule has 1 aromatic heterocycles. The van der Waals surface area contributed by atoms with E-state index in [1.165, 1.54) is 39.0 Å². The summed E-state index contributed by atoms with van der Waals surface area (Å²) < 4.78 is 88.9. The smallest absolute Gasteiger partial charge is 0.773 e. The molecule has 0 fully saturated rings. The van der Waals surface area contributed by atoms with Crippen LogP contribution in [0.4, 0.5) is 5.13 Å². The minimum atomic E-state index is -3.50. The number of rotatable bonds is 10. The van der Waals surface area contributed by atoms with Gasteiger partial charge in [0, 0.05) is 29.6 Å². The van der Waals surface area contributed by atoms with E-state index in [9.17, 15) is 44.4 Å². The molecule has 1 aromatic rings. The number of hydrogen-bond acceptors (Lipinski definition) is 16. The largest absolute Gasteiger partial charge is 1.00 e. The van der Waals surface area contributed by atoms with Crippen molar-refractivity contribution in [2.45, 2.75) is 114 Å². The molecule has 1 rings (SSSR count). The van der Waals surface area contributed by atoms with Gasteiger partial charge in [-0.25, -0.2) is 30.2 Å². The van der Waals surface area contributed by atoms with Crippen molar-refractivity contribution in [2.24, 2.45) is 0 Å². The molecule has 0 saturated heterocycles. The van der Waals surface area contributed by atoms with Crippen LogP contribution in [0, 0.1) is 0 Å². The summed E-state index contributed by atoms with van der Waals surface area (Å²) in [6.07, 6.45) is 4.06. The standard InChI is InChI=1S/C12H20N2O3S2.C7H14O4S.C6H11BrO2.C5H10O4S.CH4O2S.Na/c1-11(2,3)8-7-18-10(13-8)14-9(15)12(4,5)19(6,16)17;1-5-11-6(8)7(2,3)12(4,9)10;1-4-9-5(8)6(2,3)7;1-5(2,4(6)7)10(3,8)9;1-4(2)3;/h7H,1-6H3,(H,13,14,15);5H2,1-4H3;4H2,1-3H3;1-3H3,(H,6,7);1H3,(H,2,3);/q;;;;;+1/p-1. The van der Waals surface area contributed by atoms with E-state index in [0.29, 0.717) is 11.7 Å². The third-order valence-corrected chi connectivity index (χ3v) is 14.0. The number of esters is 2. The fourth-order valence-electron chi connectivity index (χ4n) is 2.01. The first kappa shape index (κ1) is 63.1. The molecule has 0 aliphatic carbocycles. The third kappa shape index (κ3) is 24.5. The SMILES string of the molecule is CC(C)(C(=O)O)S(C)(=O)=O.CC(C)(C)c1csc(NC(=O)C(C)(C)S(C)(=O)=O)n1.CCOC(=O)C(C)(C)Br.CCOC(=O)C(C)(C)S(C)(=O)=O.CS(=O)[O-].[Na+]. The van der Waals surface area contributed by atoms with Gasteiger partial charge in [-0.2, -0.15) is 0 Å². The maximum absolute atomic E-state index is 12.0. The molecule has 55 heavy (non-hydrogen) atoms.